The van der Waals surface area contributed by atoms with Crippen LogP contribution in [0.5, 0.6) is 0 Å². The van der Waals surface area contributed by atoms with Crippen LogP contribution in [-0.2, 0) is 0 Å². The lowest BCUT2D eigenvalue weighted by molar-refractivity contribution is 1.48. The maximum absolute atomic E-state index is 2.76. The molecule has 2 heteroatoms. The highest BCUT2D eigenvalue weighted by molar-refractivity contribution is 7.27. The van der Waals surface area contributed by atoms with Crippen LogP contribution in [0.2, 0.25) is 0 Å². The van der Waals surface area contributed by atoms with E-state index in [-0.39, 0.29) is 0 Å². The van der Waals surface area contributed by atoms with Crippen LogP contribution in [0.15, 0.2) is 36.4 Å². The zero-order valence-electron chi connectivity index (χ0n) is 9.62. The van der Waals surface area contributed by atoms with Gasteiger partial charge in [-0.2, -0.15) is 0 Å². The van der Waals surface area contributed by atoms with Gasteiger partial charge in [-0.3, -0.25) is 0 Å². The van der Waals surface area contributed by atoms with E-state index in [9.17, 15) is 0 Å². The summed E-state index contributed by atoms with van der Waals surface area (Å²) in [5.41, 5.74) is 5.21. The highest BCUT2D eigenvalue weighted by Crippen LogP contribution is 2.21. The molecule has 0 aliphatic rings. The lowest BCUT2D eigenvalue weighted by atomic mass is 10.0. The third kappa shape index (κ3) is 2.34. The van der Waals surface area contributed by atoms with Gasteiger partial charge in [-0.1, -0.05) is 36.4 Å². The van der Waals surface area contributed by atoms with Crippen LogP contribution in [0, 0.1) is 13.8 Å². The van der Waals surface area contributed by atoms with Gasteiger partial charge in [0, 0.05) is 0 Å². The number of benzene rings is 2. The summed E-state index contributed by atoms with van der Waals surface area (Å²) in [5.74, 6) is 0. The molecule has 82 valence electrons. The highest BCUT2D eigenvalue weighted by Gasteiger charge is 2.01. The molecular weight excluding hydrogens is 230 g/mol. The molecule has 2 atom stereocenters. The molecule has 0 spiro atoms. The Bertz CT molecular complexity index is 481. The first kappa shape index (κ1) is 11.8. The molecule has 0 aliphatic heterocycles. The fraction of sp³-hybridized carbons (Fsp3) is 0.143. The van der Waals surface area contributed by atoms with E-state index in [4.69, 9.17) is 0 Å². The van der Waals surface area contributed by atoms with Crippen LogP contribution in [0.4, 0.5) is 0 Å². The van der Waals surface area contributed by atoms with Crippen molar-refractivity contribution in [2.75, 3.05) is 0 Å². The van der Waals surface area contributed by atoms with Gasteiger partial charge in [-0.25, -0.2) is 0 Å². The zero-order valence-corrected chi connectivity index (χ0v) is 11.9. The molecule has 0 N–H and O–H groups in total. The van der Waals surface area contributed by atoms with Gasteiger partial charge in [0.05, 0.1) is 0 Å². The Morgan fingerprint density at radius 2 is 1.06 bits per heavy atom. The van der Waals surface area contributed by atoms with Crippen LogP contribution in [-0.4, -0.2) is 0 Å². The molecule has 2 aromatic carbocycles. The Kier molecular flexibility index (Phi) is 3.43. The molecule has 0 aliphatic carbocycles. The van der Waals surface area contributed by atoms with Gasteiger partial charge in [0.15, 0.2) is 0 Å². The minimum Gasteiger partial charge on any atom is -0.105 e. The van der Waals surface area contributed by atoms with Crippen LogP contribution in [0.1, 0.15) is 11.1 Å². The Hall–Kier alpha value is -0.700. The van der Waals surface area contributed by atoms with E-state index in [1.54, 1.807) is 0 Å². The largest absolute Gasteiger partial charge is 0.105 e. The van der Waals surface area contributed by atoms with Crippen molar-refractivity contribution >= 4 is 29.1 Å². The fourth-order valence-electron chi connectivity index (χ4n) is 1.71. The van der Waals surface area contributed by atoms with Crippen molar-refractivity contribution in [3.05, 3.63) is 47.5 Å². The summed E-state index contributed by atoms with van der Waals surface area (Å²) in [4.78, 5) is 0. The Morgan fingerprint density at radius 3 is 1.38 bits per heavy atom. The van der Waals surface area contributed by atoms with E-state index in [2.05, 4.69) is 68.7 Å². The predicted octanol–water partition coefficient (Wildman–Crippen LogP) is 2.97. The number of rotatable bonds is 1. The molecule has 0 bridgehead atoms. The molecule has 0 saturated carbocycles. The second-order valence-corrected chi connectivity index (χ2v) is 5.39. The molecule has 0 amide bonds. The molecule has 0 nitrogen and oxygen atoms in total. The maximum Gasteiger partial charge on any atom is -0.0181 e. The zero-order chi connectivity index (χ0) is 11.7. The quantitative estimate of drug-likeness (QED) is 0.679. The van der Waals surface area contributed by atoms with E-state index in [1.165, 1.54) is 32.9 Å². The van der Waals surface area contributed by atoms with Gasteiger partial charge in [-0.05, 0) is 46.7 Å². The monoisotopic (exact) mass is 246 g/mol. The second kappa shape index (κ2) is 4.66. The highest BCUT2D eigenvalue weighted by atomic mass is 31.0. The Labute approximate surface area is 102 Å². The summed E-state index contributed by atoms with van der Waals surface area (Å²) >= 11 is 0. The third-order valence-corrected chi connectivity index (χ3v) is 4.17. The standard InChI is InChI=1S/C14H16P2/c1-9-7-11(3-5-13(9)15)12-4-6-14(16)10(2)8-12/h3-8H,15-16H2,1-2H3. The number of hydrogen-bond acceptors (Lipinski definition) is 0. The summed E-state index contributed by atoms with van der Waals surface area (Å²) < 4.78 is 0. The topological polar surface area (TPSA) is 0 Å². The smallest absolute Gasteiger partial charge is 0.0181 e. The van der Waals surface area contributed by atoms with Gasteiger partial charge in [0.25, 0.3) is 0 Å². The average molecular weight is 246 g/mol. The summed E-state index contributed by atoms with van der Waals surface area (Å²) in [6, 6.07) is 13.1. The van der Waals surface area contributed by atoms with Crippen LogP contribution in [0.3, 0.4) is 0 Å². The molecule has 0 heterocycles. The molecule has 2 rings (SSSR count). The fourth-order valence-corrected chi connectivity index (χ4v) is 2.07. The lowest BCUT2D eigenvalue weighted by Crippen LogP contribution is -1.98. The van der Waals surface area contributed by atoms with E-state index in [0.29, 0.717) is 0 Å². The van der Waals surface area contributed by atoms with E-state index < -0.39 is 0 Å². The first-order valence-electron chi connectivity index (χ1n) is 5.30. The third-order valence-electron chi connectivity index (χ3n) is 2.87. The second-order valence-electron chi connectivity index (χ2n) is 4.14. The summed E-state index contributed by atoms with van der Waals surface area (Å²) in [7, 11) is 5.52. The van der Waals surface area contributed by atoms with Crippen molar-refractivity contribution in [3.63, 3.8) is 0 Å². The molecule has 0 saturated heterocycles. The summed E-state index contributed by atoms with van der Waals surface area (Å²) in [6.45, 7) is 4.28. The molecular formula is C14H16P2. The van der Waals surface area contributed by atoms with Crippen LogP contribution >= 0.6 is 18.5 Å². The summed E-state index contributed by atoms with van der Waals surface area (Å²) in [5, 5.41) is 2.53. The molecule has 0 radical (unpaired) electrons. The molecule has 2 aromatic rings. The van der Waals surface area contributed by atoms with Gasteiger partial charge >= 0.3 is 0 Å². The van der Waals surface area contributed by atoms with E-state index >= 15 is 0 Å². The number of hydrogen-bond donors (Lipinski definition) is 0. The van der Waals surface area contributed by atoms with Crippen molar-refractivity contribution in [2.45, 2.75) is 13.8 Å². The van der Waals surface area contributed by atoms with Crippen LogP contribution < -0.4 is 10.6 Å². The van der Waals surface area contributed by atoms with Crippen molar-refractivity contribution in [1.29, 1.82) is 0 Å². The Morgan fingerprint density at radius 1 is 0.688 bits per heavy atom. The van der Waals surface area contributed by atoms with Crippen molar-refractivity contribution < 1.29 is 0 Å². The Balaban J connectivity index is 2.50. The predicted molar refractivity (Wildman–Crippen MR) is 80.0 cm³/mol. The van der Waals surface area contributed by atoms with Crippen molar-refractivity contribution in [3.8, 4) is 11.1 Å². The van der Waals surface area contributed by atoms with Gasteiger partial charge in [-0.15, -0.1) is 18.5 Å². The van der Waals surface area contributed by atoms with E-state index in [0.717, 1.165) is 0 Å². The minimum absolute atomic E-state index is 1.27. The molecule has 2 unspecified atom stereocenters. The normalized spacial score (nSPS) is 10.5. The van der Waals surface area contributed by atoms with Crippen molar-refractivity contribution in [2.24, 2.45) is 0 Å². The van der Waals surface area contributed by atoms with Crippen molar-refractivity contribution in [1.82, 2.24) is 0 Å². The minimum atomic E-state index is 1.27. The van der Waals surface area contributed by atoms with E-state index in [1.807, 2.05) is 0 Å². The number of aryl methyl sites for hydroxylation is 2. The van der Waals surface area contributed by atoms with Gasteiger partial charge < -0.3 is 0 Å². The molecule has 16 heavy (non-hydrogen) atoms. The van der Waals surface area contributed by atoms with Gasteiger partial charge in [0.1, 0.15) is 0 Å². The molecule has 0 aromatic heterocycles. The first-order chi connectivity index (χ1) is 7.58. The lowest BCUT2D eigenvalue weighted by Gasteiger charge is -2.07. The average Bonchev–Trinajstić information content (AvgIpc) is 2.26. The summed E-state index contributed by atoms with van der Waals surface area (Å²) in [6.07, 6.45) is 0. The molecule has 0 fully saturated rings. The SMILES string of the molecule is Cc1cc(-c2ccc(P)c(C)c2)ccc1P. The first-order valence-corrected chi connectivity index (χ1v) is 6.46. The van der Waals surface area contributed by atoms with Gasteiger partial charge in [0.2, 0.25) is 0 Å². The maximum atomic E-state index is 2.76. The van der Waals surface area contributed by atoms with Crippen LogP contribution in [0.25, 0.3) is 11.1 Å².